The Bertz CT molecular complexity index is 262. The van der Waals surface area contributed by atoms with Gasteiger partial charge in [0, 0.05) is 0 Å². The predicted octanol–water partition coefficient (Wildman–Crippen LogP) is -0.0267. The van der Waals surface area contributed by atoms with E-state index in [-0.39, 0.29) is 13.0 Å². The maximum atomic E-state index is 10.8. The van der Waals surface area contributed by atoms with Crippen LogP contribution in [0.3, 0.4) is 0 Å². The van der Waals surface area contributed by atoms with Crippen molar-refractivity contribution in [3.8, 4) is 0 Å². The summed E-state index contributed by atoms with van der Waals surface area (Å²) in [5.41, 5.74) is 5.06. The quantitative estimate of drug-likeness (QED) is 0.348. The summed E-state index contributed by atoms with van der Waals surface area (Å²) in [7, 11) is -10.2. The third-order valence-corrected chi connectivity index (χ3v) is 6.90. The molecule has 6 N–H and O–H groups in total. The molecule has 0 aromatic carbocycles. The van der Waals surface area contributed by atoms with Crippen molar-refractivity contribution in [1.29, 1.82) is 0 Å². The minimum absolute atomic E-state index is 0.0136. The lowest BCUT2D eigenvalue weighted by molar-refractivity contribution is 0.325. The van der Waals surface area contributed by atoms with Crippen LogP contribution in [0.4, 0.5) is 0 Å². The predicted molar refractivity (Wildman–Crippen MR) is 51.0 cm³/mol. The molecule has 0 aliphatic heterocycles. The molecule has 0 unspecified atom stereocenters. The molecular weight excluding hydrogens is 255 g/mol. The molecule has 0 heterocycles. The third-order valence-electron chi connectivity index (χ3n) is 1.59. The van der Waals surface area contributed by atoms with Gasteiger partial charge in [0.25, 0.3) is 0 Å². The zero-order valence-corrected chi connectivity index (χ0v) is 9.62. The Morgan fingerprint density at radius 1 is 1.14 bits per heavy atom. The zero-order valence-electron chi connectivity index (χ0n) is 7.08. The van der Waals surface area contributed by atoms with Gasteiger partial charge in [0.05, 0.1) is 0 Å². The van der Waals surface area contributed by atoms with E-state index >= 15 is 0 Å². The zero-order chi connectivity index (χ0) is 11.6. The second kappa shape index (κ2) is 4.60. The van der Waals surface area contributed by atoms with Crippen LogP contribution in [0.15, 0.2) is 0 Å². The molecule has 10 heteroatoms. The summed E-state index contributed by atoms with van der Waals surface area (Å²) >= 11 is 5.29. The van der Waals surface area contributed by atoms with E-state index in [2.05, 4.69) is 0 Å². The molecule has 0 amide bonds. The molecule has 0 aromatic heterocycles. The van der Waals surface area contributed by atoms with Gasteiger partial charge in [-0.25, -0.2) is 0 Å². The summed E-state index contributed by atoms with van der Waals surface area (Å²) in [5.74, 6) is 0. The van der Waals surface area contributed by atoms with E-state index in [1.807, 2.05) is 0 Å². The first-order valence-electron chi connectivity index (χ1n) is 3.56. The smallest absolute Gasteiger partial charge is 0.330 e. The highest BCUT2D eigenvalue weighted by Gasteiger charge is 2.58. The molecule has 86 valence electrons. The van der Waals surface area contributed by atoms with E-state index in [0.717, 1.165) is 0 Å². The van der Waals surface area contributed by atoms with Crippen LogP contribution in [0.5, 0.6) is 0 Å². The van der Waals surface area contributed by atoms with Gasteiger partial charge < -0.3 is 25.3 Å². The molecule has 0 radical (unpaired) electrons. The van der Waals surface area contributed by atoms with Crippen LogP contribution in [-0.4, -0.2) is 30.5 Å². The van der Waals surface area contributed by atoms with Crippen molar-refractivity contribution in [3.05, 3.63) is 0 Å². The fraction of sp³-hybridized carbons (Fsp3) is 1.00. The maximum Gasteiger partial charge on any atom is 0.358 e. The molecule has 0 aliphatic carbocycles. The minimum Gasteiger partial charge on any atom is -0.330 e. The fourth-order valence-corrected chi connectivity index (χ4v) is 3.18. The average molecular weight is 268 g/mol. The van der Waals surface area contributed by atoms with Crippen LogP contribution >= 0.6 is 26.8 Å². The van der Waals surface area contributed by atoms with Gasteiger partial charge in [-0.2, -0.15) is 0 Å². The Hall–Kier alpha value is 0.550. The normalized spacial score (nSPS) is 14.4. The van der Waals surface area contributed by atoms with Crippen molar-refractivity contribution in [1.82, 2.24) is 0 Å². The van der Waals surface area contributed by atoms with Gasteiger partial charge in [-0.1, -0.05) is 11.6 Å². The SMILES string of the molecule is NCCCC(Cl)(P(=O)(O)O)P(=O)(O)O. The molecule has 0 bridgehead atoms. The van der Waals surface area contributed by atoms with Gasteiger partial charge in [-0.05, 0) is 19.4 Å². The van der Waals surface area contributed by atoms with Crippen molar-refractivity contribution in [3.63, 3.8) is 0 Å². The van der Waals surface area contributed by atoms with Gasteiger partial charge in [-0.15, -0.1) is 0 Å². The molecule has 0 aromatic rings. The molecule has 0 rings (SSSR count). The highest BCUT2D eigenvalue weighted by molar-refractivity contribution is 7.75. The lowest BCUT2D eigenvalue weighted by Crippen LogP contribution is -2.23. The number of hydrogen-bond donors (Lipinski definition) is 5. The van der Waals surface area contributed by atoms with Crippen LogP contribution in [-0.2, 0) is 9.13 Å². The van der Waals surface area contributed by atoms with Gasteiger partial charge in [0.15, 0.2) is 0 Å². The molecule has 0 aliphatic rings. The molecule has 0 saturated carbocycles. The molecule has 0 atom stereocenters. The topological polar surface area (TPSA) is 141 Å². The Balaban J connectivity index is 5.08. The second-order valence-electron chi connectivity index (χ2n) is 2.70. The van der Waals surface area contributed by atoms with E-state index in [1.165, 1.54) is 0 Å². The van der Waals surface area contributed by atoms with Crippen molar-refractivity contribution >= 4 is 26.8 Å². The Kier molecular flexibility index (Phi) is 4.78. The van der Waals surface area contributed by atoms with Gasteiger partial charge >= 0.3 is 15.2 Å². The first-order chi connectivity index (χ1) is 6.06. The van der Waals surface area contributed by atoms with Crippen LogP contribution in [0.25, 0.3) is 0 Å². The first-order valence-corrected chi connectivity index (χ1v) is 7.17. The first kappa shape index (κ1) is 14.6. The highest BCUT2D eigenvalue weighted by atomic mass is 35.5. The Morgan fingerprint density at radius 2 is 1.50 bits per heavy atom. The lowest BCUT2D eigenvalue weighted by atomic mass is 10.3. The van der Waals surface area contributed by atoms with Crippen LogP contribution in [0, 0.1) is 0 Å². The van der Waals surface area contributed by atoms with E-state index < -0.39 is 26.0 Å². The summed E-state index contributed by atoms with van der Waals surface area (Å²) in [4.78, 5) is 35.0. The molecule has 0 fully saturated rings. The second-order valence-corrected chi connectivity index (χ2v) is 7.93. The molecule has 0 spiro atoms. The van der Waals surface area contributed by atoms with E-state index in [0.29, 0.717) is 0 Å². The van der Waals surface area contributed by atoms with Crippen LogP contribution < -0.4 is 5.73 Å². The van der Waals surface area contributed by atoms with Crippen molar-refractivity contribution in [2.75, 3.05) is 6.54 Å². The molecule has 14 heavy (non-hydrogen) atoms. The van der Waals surface area contributed by atoms with E-state index in [9.17, 15) is 9.13 Å². The summed E-state index contributed by atoms with van der Waals surface area (Å²) < 4.78 is 18.8. The number of hydrogen-bond acceptors (Lipinski definition) is 3. The standard InChI is InChI=1S/C4H12ClNO6P2/c5-4(2-1-3-6,13(7,8)9)14(10,11)12/h1-3,6H2,(H2,7,8,9)(H2,10,11,12). The number of nitrogens with two attached hydrogens (primary N) is 1. The lowest BCUT2D eigenvalue weighted by Gasteiger charge is -2.28. The summed E-state index contributed by atoms with van der Waals surface area (Å²) in [6, 6.07) is 0. The number of halogens is 1. The largest absolute Gasteiger partial charge is 0.358 e. The number of rotatable bonds is 5. The third kappa shape index (κ3) is 3.02. The van der Waals surface area contributed by atoms with Crippen molar-refractivity contribution in [2.45, 2.75) is 17.2 Å². The monoisotopic (exact) mass is 267 g/mol. The van der Waals surface area contributed by atoms with Crippen LogP contribution in [0.2, 0.25) is 0 Å². The van der Waals surface area contributed by atoms with Crippen molar-refractivity contribution < 1.29 is 28.7 Å². The number of alkyl halides is 1. The average Bonchev–Trinajstić information content (AvgIpc) is 1.95. The fourth-order valence-electron chi connectivity index (χ4n) is 0.788. The maximum absolute atomic E-state index is 10.8. The summed E-state index contributed by atoms with van der Waals surface area (Å²) in [6.07, 6.45) is -0.528. The van der Waals surface area contributed by atoms with Crippen LogP contribution in [0.1, 0.15) is 12.8 Å². The van der Waals surface area contributed by atoms with Gasteiger partial charge in [-0.3, -0.25) is 9.13 Å². The summed E-state index contributed by atoms with van der Waals surface area (Å²) in [6.45, 7) is 0.0362. The van der Waals surface area contributed by atoms with Gasteiger partial charge in [0.2, 0.25) is 4.36 Å². The van der Waals surface area contributed by atoms with Crippen molar-refractivity contribution in [2.24, 2.45) is 5.73 Å². The van der Waals surface area contributed by atoms with Gasteiger partial charge in [0.1, 0.15) is 0 Å². The van der Waals surface area contributed by atoms with E-state index in [1.54, 1.807) is 0 Å². The summed E-state index contributed by atoms with van der Waals surface area (Å²) in [5, 5.41) is 0. The molecular formula is C4H12ClNO6P2. The molecule has 0 saturated heterocycles. The van der Waals surface area contributed by atoms with E-state index in [4.69, 9.17) is 36.9 Å². The highest BCUT2D eigenvalue weighted by Crippen LogP contribution is 2.73. The Labute approximate surface area is 85.6 Å². The Morgan fingerprint density at radius 3 is 1.71 bits per heavy atom. The minimum atomic E-state index is -5.09. The molecule has 7 nitrogen and oxygen atoms in total.